The summed E-state index contributed by atoms with van der Waals surface area (Å²) in [6, 6.07) is 1.53. The Balaban J connectivity index is 1.71. The number of aliphatic hydroxyl groups is 1. The van der Waals surface area contributed by atoms with E-state index in [0.717, 1.165) is 18.0 Å². The average molecular weight is 225 g/mol. The van der Waals surface area contributed by atoms with Crippen LogP contribution in [-0.4, -0.2) is 23.8 Å². The van der Waals surface area contributed by atoms with Crippen molar-refractivity contribution < 1.29 is 5.11 Å². The van der Waals surface area contributed by atoms with E-state index in [4.69, 9.17) is 5.11 Å². The maximum Gasteiger partial charge on any atom is 0.0459 e. The summed E-state index contributed by atoms with van der Waals surface area (Å²) in [5, 5.41) is 13.0. The van der Waals surface area contributed by atoms with E-state index < -0.39 is 0 Å². The molecule has 0 radical (unpaired) electrons. The summed E-state index contributed by atoms with van der Waals surface area (Å²) in [7, 11) is 0. The molecule has 0 saturated heterocycles. The van der Waals surface area contributed by atoms with Crippen molar-refractivity contribution in [1.29, 1.82) is 0 Å². The molecular formula is C14H27NO. The highest BCUT2D eigenvalue weighted by molar-refractivity contribution is 4.89. The maximum atomic E-state index is 9.12. The zero-order valence-electron chi connectivity index (χ0n) is 10.6. The molecule has 0 aliphatic heterocycles. The molecule has 2 heteroatoms. The van der Waals surface area contributed by atoms with Crippen LogP contribution in [-0.2, 0) is 0 Å². The minimum absolute atomic E-state index is 0.397. The van der Waals surface area contributed by atoms with Crippen LogP contribution in [0.25, 0.3) is 0 Å². The number of rotatable bonds is 6. The van der Waals surface area contributed by atoms with Crippen molar-refractivity contribution in [3.63, 3.8) is 0 Å². The highest BCUT2D eigenvalue weighted by Crippen LogP contribution is 2.35. The molecule has 2 aliphatic carbocycles. The lowest BCUT2D eigenvalue weighted by molar-refractivity contribution is 0.169. The number of aliphatic hydroxyl groups excluding tert-OH is 1. The molecule has 1 unspecified atom stereocenters. The fourth-order valence-corrected chi connectivity index (χ4v) is 3.08. The molecule has 0 aromatic heterocycles. The van der Waals surface area contributed by atoms with Crippen LogP contribution in [0.1, 0.15) is 58.3 Å². The highest BCUT2D eigenvalue weighted by atomic mass is 16.3. The molecule has 0 spiro atoms. The van der Waals surface area contributed by atoms with Crippen molar-refractivity contribution in [3.8, 4) is 0 Å². The van der Waals surface area contributed by atoms with Gasteiger partial charge in [0.15, 0.2) is 0 Å². The van der Waals surface area contributed by atoms with E-state index in [1.807, 2.05) is 0 Å². The minimum Gasteiger partial charge on any atom is -0.396 e. The Labute approximate surface area is 99.8 Å². The molecule has 16 heavy (non-hydrogen) atoms. The lowest BCUT2D eigenvalue weighted by atomic mass is 9.86. The fraction of sp³-hybridized carbons (Fsp3) is 1.00. The second kappa shape index (κ2) is 6.02. The van der Waals surface area contributed by atoms with Crippen LogP contribution in [0, 0.1) is 11.8 Å². The standard InChI is InChI=1S/C14H27NO/c1-2-3-14(12-6-7-12)15-13-8-4-11(10-16)5-9-13/h11-16H,2-10H2,1H3. The van der Waals surface area contributed by atoms with Gasteiger partial charge in [0.2, 0.25) is 0 Å². The summed E-state index contributed by atoms with van der Waals surface area (Å²) >= 11 is 0. The first kappa shape index (κ1) is 12.4. The van der Waals surface area contributed by atoms with E-state index in [9.17, 15) is 0 Å². The van der Waals surface area contributed by atoms with Crippen LogP contribution >= 0.6 is 0 Å². The molecule has 1 atom stereocenters. The van der Waals surface area contributed by atoms with Gasteiger partial charge in [-0.05, 0) is 56.8 Å². The molecule has 0 aromatic carbocycles. The predicted molar refractivity (Wildman–Crippen MR) is 67.4 cm³/mol. The van der Waals surface area contributed by atoms with Crippen LogP contribution in [0.2, 0.25) is 0 Å². The molecule has 2 fully saturated rings. The van der Waals surface area contributed by atoms with Gasteiger partial charge in [-0.15, -0.1) is 0 Å². The van der Waals surface area contributed by atoms with Gasteiger partial charge >= 0.3 is 0 Å². The number of hydrogen-bond acceptors (Lipinski definition) is 2. The Morgan fingerprint density at radius 1 is 1.12 bits per heavy atom. The third-order valence-corrected chi connectivity index (χ3v) is 4.35. The van der Waals surface area contributed by atoms with Gasteiger partial charge in [0.1, 0.15) is 0 Å². The van der Waals surface area contributed by atoms with Crippen molar-refractivity contribution >= 4 is 0 Å². The quantitative estimate of drug-likeness (QED) is 0.728. The Morgan fingerprint density at radius 2 is 1.81 bits per heavy atom. The molecule has 2 rings (SSSR count). The first-order chi connectivity index (χ1) is 7.83. The monoisotopic (exact) mass is 225 g/mol. The van der Waals surface area contributed by atoms with Gasteiger partial charge in [-0.2, -0.15) is 0 Å². The van der Waals surface area contributed by atoms with Crippen molar-refractivity contribution in [3.05, 3.63) is 0 Å². The minimum atomic E-state index is 0.397. The van der Waals surface area contributed by atoms with Crippen LogP contribution in [0.3, 0.4) is 0 Å². The molecular weight excluding hydrogens is 198 g/mol. The first-order valence-corrected chi connectivity index (χ1v) is 7.20. The van der Waals surface area contributed by atoms with E-state index >= 15 is 0 Å². The zero-order chi connectivity index (χ0) is 11.4. The van der Waals surface area contributed by atoms with Gasteiger partial charge in [-0.1, -0.05) is 13.3 Å². The molecule has 2 N–H and O–H groups in total. The van der Waals surface area contributed by atoms with Crippen molar-refractivity contribution in [2.45, 2.75) is 70.4 Å². The third-order valence-electron chi connectivity index (χ3n) is 4.35. The lowest BCUT2D eigenvalue weighted by Crippen LogP contribution is -2.42. The summed E-state index contributed by atoms with van der Waals surface area (Å²) in [6.45, 7) is 2.69. The molecule has 0 aromatic rings. The Hall–Kier alpha value is -0.0800. The summed E-state index contributed by atoms with van der Waals surface area (Å²) < 4.78 is 0. The molecule has 2 saturated carbocycles. The summed E-state index contributed by atoms with van der Waals surface area (Å²) in [6.07, 6.45) is 10.5. The van der Waals surface area contributed by atoms with Crippen LogP contribution in [0.5, 0.6) is 0 Å². The summed E-state index contributed by atoms with van der Waals surface area (Å²) in [4.78, 5) is 0. The van der Waals surface area contributed by atoms with Gasteiger partial charge in [-0.25, -0.2) is 0 Å². The van der Waals surface area contributed by atoms with E-state index in [0.29, 0.717) is 12.5 Å². The number of hydrogen-bond donors (Lipinski definition) is 2. The van der Waals surface area contributed by atoms with Gasteiger partial charge in [0.25, 0.3) is 0 Å². The smallest absolute Gasteiger partial charge is 0.0459 e. The normalized spacial score (nSPS) is 32.6. The third kappa shape index (κ3) is 3.46. The van der Waals surface area contributed by atoms with Crippen LogP contribution < -0.4 is 5.32 Å². The van der Waals surface area contributed by atoms with Crippen LogP contribution in [0.15, 0.2) is 0 Å². The zero-order valence-corrected chi connectivity index (χ0v) is 10.6. The van der Waals surface area contributed by atoms with Gasteiger partial charge in [0, 0.05) is 18.7 Å². The molecule has 0 amide bonds. The fourth-order valence-electron chi connectivity index (χ4n) is 3.08. The SMILES string of the molecule is CCCC(NC1CCC(CO)CC1)C1CC1. The van der Waals surface area contributed by atoms with E-state index in [1.165, 1.54) is 51.4 Å². The van der Waals surface area contributed by atoms with Gasteiger partial charge < -0.3 is 10.4 Å². The van der Waals surface area contributed by atoms with Gasteiger partial charge in [-0.3, -0.25) is 0 Å². The van der Waals surface area contributed by atoms with E-state index in [2.05, 4.69) is 12.2 Å². The molecule has 2 nitrogen and oxygen atoms in total. The molecule has 94 valence electrons. The second-order valence-electron chi connectivity index (χ2n) is 5.80. The molecule has 0 heterocycles. The van der Waals surface area contributed by atoms with E-state index in [1.54, 1.807) is 0 Å². The summed E-state index contributed by atoms with van der Waals surface area (Å²) in [5.41, 5.74) is 0. The molecule has 2 aliphatic rings. The Bertz CT molecular complexity index is 195. The summed E-state index contributed by atoms with van der Waals surface area (Å²) in [5.74, 6) is 1.57. The predicted octanol–water partition coefficient (Wildman–Crippen LogP) is 2.71. The van der Waals surface area contributed by atoms with Crippen molar-refractivity contribution in [2.75, 3.05) is 6.61 Å². The highest BCUT2D eigenvalue weighted by Gasteiger charge is 2.32. The molecule has 0 bridgehead atoms. The largest absolute Gasteiger partial charge is 0.396 e. The topological polar surface area (TPSA) is 32.3 Å². The first-order valence-electron chi connectivity index (χ1n) is 7.20. The lowest BCUT2D eigenvalue weighted by Gasteiger charge is -2.31. The Kier molecular flexibility index (Phi) is 4.66. The Morgan fingerprint density at radius 3 is 2.31 bits per heavy atom. The van der Waals surface area contributed by atoms with Crippen LogP contribution in [0.4, 0.5) is 0 Å². The van der Waals surface area contributed by atoms with Crippen molar-refractivity contribution in [2.24, 2.45) is 11.8 Å². The average Bonchev–Trinajstić information content (AvgIpc) is 3.13. The van der Waals surface area contributed by atoms with Gasteiger partial charge in [0.05, 0.1) is 0 Å². The second-order valence-corrected chi connectivity index (χ2v) is 5.80. The van der Waals surface area contributed by atoms with E-state index in [-0.39, 0.29) is 0 Å². The number of nitrogens with one attached hydrogen (secondary N) is 1. The van der Waals surface area contributed by atoms with Crippen molar-refractivity contribution in [1.82, 2.24) is 5.32 Å². The maximum absolute atomic E-state index is 9.12.